The van der Waals surface area contributed by atoms with Crippen molar-refractivity contribution < 1.29 is 19.2 Å². The van der Waals surface area contributed by atoms with Crippen molar-refractivity contribution >= 4 is 23.4 Å². The number of hydroxylamine groups is 1. The molecular weight excluding hydrogens is 312 g/mol. The molecular formula is C16H22N4O4. The minimum atomic E-state index is -0.384. The smallest absolute Gasteiger partial charge is 0.414 e. The van der Waals surface area contributed by atoms with Crippen LogP contribution in [0.4, 0.5) is 16.2 Å². The third-order valence-electron chi connectivity index (χ3n) is 4.03. The van der Waals surface area contributed by atoms with Crippen LogP contribution in [0.15, 0.2) is 24.3 Å². The Hall–Kier alpha value is -2.32. The lowest BCUT2D eigenvalue weighted by molar-refractivity contribution is -0.119. The number of rotatable bonds is 4. The zero-order valence-corrected chi connectivity index (χ0v) is 13.7. The van der Waals surface area contributed by atoms with Crippen molar-refractivity contribution in [3.63, 3.8) is 0 Å². The van der Waals surface area contributed by atoms with E-state index < -0.39 is 0 Å². The van der Waals surface area contributed by atoms with Crippen LogP contribution in [-0.4, -0.2) is 57.4 Å². The average Bonchev–Trinajstić information content (AvgIpc) is 2.77. The molecule has 2 aliphatic rings. The molecule has 2 heterocycles. The van der Waals surface area contributed by atoms with Gasteiger partial charge in [-0.25, -0.2) is 10.3 Å². The van der Waals surface area contributed by atoms with E-state index >= 15 is 0 Å². The summed E-state index contributed by atoms with van der Waals surface area (Å²) in [6, 6.07) is 7.82. The van der Waals surface area contributed by atoms with Gasteiger partial charge < -0.3 is 15.0 Å². The summed E-state index contributed by atoms with van der Waals surface area (Å²) in [7, 11) is 0. The third kappa shape index (κ3) is 3.95. The number of ether oxygens (including phenoxy) is 1. The molecule has 130 valence electrons. The molecule has 2 saturated heterocycles. The first-order valence-electron chi connectivity index (χ1n) is 8.06. The van der Waals surface area contributed by atoms with Crippen LogP contribution in [0.2, 0.25) is 0 Å². The van der Waals surface area contributed by atoms with Crippen LogP contribution in [0.1, 0.15) is 6.92 Å². The lowest BCUT2D eigenvalue weighted by Gasteiger charge is -2.22. The van der Waals surface area contributed by atoms with Crippen LogP contribution in [0.3, 0.4) is 0 Å². The highest BCUT2D eigenvalue weighted by Gasteiger charge is 2.32. The molecule has 1 atom stereocenters. The van der Waals surface area contributed by atoms with Crippen molar-refractivity contribution in [3.8, 4) is 0 Å². The number of amides is 2. The number of benzene rings is 1. The molecule has 0 unspecified atom stereocenters. The van der Waals surface area contributed by atoms with E-state index in [0.29, 0.717) is 19.7 Å². The molecule has 3 rings (SSSR count). The average molecular weight is 334 g/mol. The van der Waals surface area contributed by atoms with Gasteiger partial charge in [-0.05, 0) is 24.3 Å². The summed E-state index contributed by atoms with van der Waals surface area (Å²) >= 11 is 0. The first-order valence-corrected chi connectivity index (χ1v) is 8.06. The Balaban J connectivity index is 1.62. The lowest BCUT2D eigenvalue weighted by Crippen LogP contribution is -2.33. The largest absolute Gasteiger partial charge is 0.442 e. The Morgan fingerprint density at radius 3 is 2.79 bits per heavy atom. The number of hydrogen-bond acceptors (Lipinski definition) is 6. The van der Waals surface area contributed by atoms with E-state index in [9.17, 15) is 9.59 Å². The maximum atomic E-state index is 12.0. The van der Waals surface area contributed by atoms with Crippen molar-refractivity contribution in [3.05, 3.63) is 24.3 Å². The topological polar surface area (TPSA) is 83.1 Å². The highest BCUT2D eigenvalue weighted by molar-refractivity contribution is 5.90. The SMILES string of the molecule is CC(=O)NC[C@H]1CN(c2ccc(N3CCNOCC3)cc2)C(=O)O1. The second kappa shape index (κ2) is 7.50. The molecule has 2 aliphatic heterocycles. The number of carbonyl (C=O) groups is 2. The molecule has 8 nitrogen and oxygen atoms in total. The summed E-state index contributed by atoms with van der Waals surface area (Å²) < 4.78 is 5.28. The Labute approximate surface area is 140 Å². The Morgan fingerprint density at radius 2 is 2.04 bits per heavy atom. The normalized spacial score (nSPS) is 21.4. The second-order valence-corrected chi connectivity index (χ2v) is 5.80. The molecule has 0 saturated carbocycles. The Morgan fingerprint density at radius 1 is 1.29 bits per heavy atom. The number of nitrogens with one attached hydrogen (secondary N) is 2. The van der Waals surface area contributed by atoms with Gasteiger partial charge in [0.1, 0.15) is 6.10 Å². The van der Waals surface area contributed by atoms with E-state index in [1.54, 1.807) is 4.90 Å². The fourth-order valence-corrected chi connectivity index (χ4v) is 2.79. The zero-order chi connectivity index (χ0) is 16.9. The molecule has 0 aliphatic carbocycles. The number of hydrogen-bond donors (Lipinski definition) is 2. The monoisotopic (exact) mass is 334 g/mol. The van der Waals surface area contributed by atoms with Gasteiger partial charge in [0.15, 0.2) is 0 Å². The van der Waals surface area contributed by atoms with E-state index in [0.717, 1.165) is 31.0 Å². The van der Waals surface area contributed by atoms with Gasteiger partial charge in [0.2, 0.25) is 5.91 Å². The molecule has 2 N–H and O–H groups in total. The molecule has 0 spiro atoms. The van der Waals surface area contributed by atoms with Crippen molar-refractivity contribution in [1.29, 1.82) is 0 Å². The van der Waals surface area contributed by atoms with E-state index in [2.05, 4.69) is 15.7 Å². The summed E-state index contributed by atoms with van der Waals surface area (Å²) in [5.74, 6) is -0.134. The molecule has 0 aromatic heterocycles. The van der Waals surface area contributed by atoms with Crippen LogP contribution < -0.4 is 20.6 Å². The quantitative estimate of drug-likeness (QED) is 0.834. The van der Waals surface area contributed by atoms with Gasteiger partial charge in [-0.2, -0.15) is 0 Å². The fraction of sp³-hybridized carbons (Fsp3) is 0.500. The van der Waals surface area contributed by atoms with Crippen LogP contribution in [-0.2, 0) is 14.4 Å². The van der Waals surface area contributed by atoms with Gasteiger partial charge in [0.05, 0.1) is 19.7 Å². The third-order valence-corrected chi connectivity index (χ3v) is 4.03. The summed E-state index contributed by atoms with van der Waals surface area (Å²) in [5, 5.41) is 2.67. The minimum absolute atomic E-state index is 0.134. The summed E-state index contributed by atoms with van der Waals surface area (Å²) in [4.78, 5) is 32.0. The minimum Gasteiger partial charge on any atom is -0.442 e. The van der Waals surface area contributed by atoms with E-state index in [4.69, 9.17) is 9.57 Å². The van der Waals surface area contributed by atoms with Gasteiger partial charge in [-0.1, -0.05) is 0 Å². The maximum Gasteiger partial charge on any atom is 0.414 e. The lowest BCUT2D eigenvalue weighted by atomic mass is 10.2. The fourth-order valence-electron chi connectivity index (χ4n) is 2.79. The van der Waals surface area contributed by atoms with Crippen LogP contribution in [0.25, 0.3) is 0 Å². The number of anilines is 2. The number of nitrogens with zero attached hydrogens (tertiary/aromatic N) is 2. The first kappa shape index (κ1) is 16.5. The van der Waals surface area contributed by atoms with Crippen LogP contribution in [0, 0.1) is 0 Å². The van der Waals surface area contributed by atoms with E-state index in [1.165, 1.54) is 6.92 Å². The van der Waals surface area contributed by atoms with Crippen LogP contribution >= 0.6 is 0 Å². The van der Waals surface area contributed by atoms with Crippen LogP contribution in [0.5, 0.6) is 0 Å². The Bertz CT molecular complexity index is 584. The summed E-state index contributed by atoms with van der Waals surface area (Å²) in [6.07, 6.45) is -0.708. The van der Waals surface area contributed by atoms with Crippen molar-refractivity contribution in [1.82, 2.24) is 10.8 Å². The molecule has 2 fully saturated rings. The van der Waals surface area contributed by atoms with Crippen molar-refractivity contribution in [2.24, 2.45) is 0 Å². The summed E-state index contributed by atoms with van der Waals surface area (Å²) in [5.41, 5.74) is 4.77. The predicted octanol–water partition coefficient (Wildman–Crippen LogP) is 0.489. The van der Waals surface area contributed by atoms with Gasteiger partial charge in [-0.15, -0.1) is 0 Å². The van der Waals surface area contributed by atoms with Gasteiger partial charge in [0, 0.05) is 37.9 Å². The first-order chi connectivity index (χ1) is 11.6. The highest BCUT2D eigenvalue weighted by atomic mass is 16.6. The predicted molar refractivity (Wildman–Crippen MR) is 88.9 cm³/mol. The second-order valence-electron chi connectivity index (χ2n) is 5.80. The van der Waals surface area contributed by atoms with E-state index in [-0.39, 0.29) is 18.1 Å². The Kier molecular flexibility index (Phi) is 5.17. The number of carbonyl (C=O) groups excluding carboxylic acids is 2. The molecule has 1 aromatic carbocycles. The highest BCUT2D eigenvalue weighted by Crippen LogP contribution is 2.25. The molecule has 24 heavy (non-hydrogen) atoms. The van der Waals surface area contributed by atoms with Gasteiger partial charge >= 0.3 is 6.09 Å². The molecule has 0 bridgehead atoms. The molecule has 8 heteroatoms. The van der Waals surface area contributed by atoms with Crippen molar-refractivity contribution in [2.75, 3.05) is 49.1 Å². The maximum absolute atomic E-state index is 12.0. The van der Waals surface area contributed by atoms with Crippen molar-refractivity contribution in [2.45, 2.75) is 13.0 Å². The molecule has 2 amide bonds. The van der Waals surface area contributed by atoms with Gasteiger partial charge in [0.25, 0.3) is 0 Å². The standard InChI is InChI=1S/C16H22N4O4/c1-12(21)17-10-15-11-20(16(22)24-15)14-4-2-13(3-5-14)19-7-6-18-23-9-8-19/h2-5,15,18H,6-11H2,1H3,(H,17,21)/t15-/m0/s1. The molecule has 0 radical (unpaired) electrons. The van der Waals surface area contributed by atoms with Gasteiger partial charge in [-0.3, -0.25) is 14.5 Å². The number of cyclic esters (lactones) is 1. The zero-order valence-electron chi connectivity index (χ0n) is 13.7. The summed E-state index contributed by atoms with van der Waals surface area (Å²) in [6.45, 7) is 5.28. The van der Waals surface area contributed by atoms with E-state index in [1.807, 2.05) is 24.3 Å². The molecule has 1 aromatic rings.